The molecule has 29 heavy (non-hydrogen) atoms. The number of para-hydroxylation sites is 1. The Morgan fingerprint density at radius 2 is 1.66 bits per heavy atom. The van der Waals surface area contributed by atoms with E-state index < -0.39 is 12.0 Å². The second-order valence-electron chi connectivity index (χ2n) is 6.37. The Morgan fingerprint density at radius 3 is 2.34 bits per heavy atom. The molecule has 0 fully saturated rings. The normalized spacial score (nSPS) is 15.9. The zero-order valence-corrected chi connectivity index (χ0v) is 16.4. The first-order valence-electron chi connectivity index (χ1n) is 9.44. The smallest absolute Gasteiger partial charge is 0.338 e. The highest BCUT2D eigenvalue weighted by Gasteiger charge is 2.32. The van der Waals surface area contributed by atoms with Gasteiger partial charge >= 0.3 is 12.0 Å². The maximum absolute atomic E-state index is 12.7. The first kappa shape index (κ1) is 20.3. The molecule has 7 nitrogen and oxygen atoms in total. The van der Waals surface area contributed by atoms with Crippen molar-refractivity contribution in [1.29, 1.82) is 0 Å². The van der Waals surface area contributed by atoms with Gasteiger partial charge in [0.05, 0.1) is 18.2 Å². The lowest BCUT2D eigenvalue weighted by Crippen LogP contribution is -2.45. The van der Waals surface area contributed by atoms with Crippen LogP contribution in [0.3, 0.4) is 0 Å². The number of carbonyl (C=O) groups excluding carboxylic acids is 2. The highest BCUT2D eigenvalue weighted by atomic mass is 16.6. The van der Waals surface area contributed by atoms with E-state index in [1.807, 2.05) is 49.4 Å². The number of rotatable bonds is 8. The molecule has 0 bridgehead atoms. The van der Waals surface area contributed by atoms with Crippen LogP contribution in [0, 0.1) is 0 Å². The average molecular weight is 396 g/mol. The molecule has 2 aromatic rings. The van der Waals surface area contributed by atoms with Gasteiger partial charge < -0.3 is 24.8 Å². The number of benzene rings is 2. The van der Waals surface area contributed by atoms with Crippen molar-refractivity contribution in [1.82, 2.24) is 10.6 Å². The van der Waals surface area contributed by atoms with Gasteiger partial charge in [-0.05, 0) is 43.7 Å². The SMILES string of the molecule is CCOc1ccc(C2NC(=O)NC(C)=C2C(=O)OCCOc2ccccc2)cc1. The summed E-state index contributed by atoms with van der Waals surface area (Å²) in [6.45, 7) is 4.47. The number of nitrogens with one attached hydrogen (secondary N) is 2. The van der Waals surface area contributed by atoms with Crippen LogP contribution in [0.15, 0.2) is 65.9 Å². The molecule has 0 radical (unpaired) electrons. The molecular formula is C22H24N2O5. The fourth-order valence-electron chi connectivity index (χ4n) is 3.03. The minimum atomic E-state index is -0.609. The Balaban J connectivity index is 1.67. The molecule has 0 saturated heterocycles. The Hall–Kier alpha value is -3.48. The van der Waals surface area contributed by atoms with E-state index in [9.17, 15) is 9.59 Å². The number of esters is 1. The highest BCUT2D eigenvalue weighted by Crippen LogP contribution is 2.28. The van der Waals surface area contributed by atoms with E-state index in [-0.39, 0.29) is 19.2 Å². The van der Waals surface area contributed by atoms with Crippen LogP contribution < -0.4 is 20.1 Å². The maximum atomic E-state index is 12.7. The standard InChI is InChI=1S/C22H24N2O5/c1-3-27-18-11-9-16(10-12-18)20-19(15(2)23-22(26)24-20)21(25)29-14-13-28-17-7-5-4-6-8-17/h4-12,20H,3,13-14H2,1-2H3,(H2,23,24,26). The molecule has 0 saturated carbocycles. The van der Waals surface area contributed by atoms with Crippen molar-refractivity contribution < 1.29 is 23.8 Å². The second-order valence-corrected chi connectivity index (χ2v) is 6.37. The van der Waals surface area contributed by atoms with Crippen molar-refractivity contribution in [3.8, 4) is 11.5 Å². The Bertz CT molecular complexity index is 878. The summed E-state index contributed by atoms with van der Waals surface area (Å²) in [5.41, 5.74) is 1.57. The Morgan fingerprint density at radius 1 is 0.966 bits per heavy atom. The number of amides is 2. The summed E-state index contributed by atoms with van der Waals surface area (Å²) in [5, 5.41) is 5.41. The number of ether oxygens (including phenoxy) is 3. The number of carbonyl (C=O) groups is 2. The van der Waals surface area contributed by atoms with Crippen LogP contribution in [0.1, 0.15) is 25.5 Å². The lowest BCUT2D eigenvalue weighted by atomic mass is 9.95. The molecular weight excluding hydrogens is 372 g/mol. The van der Waals surface area contributed by atoms with Crippen LogP contribution in [0.25, 0.3) is 0 Å². The fourth-order valence-corrected chi connectivity index (χ4v) is 3.03. The van der Waals surface area contributed by atoms with Gasteiger partial charge in [-0.2, -0.15) is 0 Å². The van der Waals surface area contributed by atoms with Gasteiger partial charge in [0.2, 0.25) is 0 Å². The van der Waals surface area contributed by atoms with Crippen molar-refractivity contribution in [3.05, 3.63) is 71.4 Å². The van der Waals surface area contributed by atoms with Crippen LogP contribution in [0.5, 0.6) is 11.5 Å². The first-order chi connectivity index (χ1) is 14.1. The van der Waals surface area contributed by atoms with E-state index in [1.54, 1.807) is 19.1 Å². The quantitative estimate of drug-likeness (QED) is 0.528. The third kappa shape index (κ3) is 5.28. The monoisotopic (exact) mass is 396 g/mol. The molecule has 2 N–H and O–H groups in total. The Labute approximate surface area is 169 Å². The summed E-state index contributed by atoms with van der Waals surface area (Å²) in [5.74, 6) is 0.919. The van der Waals surface area contributed by atoms with Gasteiger partial charge in [-0.1, -0.05) is 30.3 Å². The average Bonchev–Trinajstić information content (AvgIpc) is 2.72. The van der Waals surface area contributed by atoms with Crippen LogP contribution in [0.2, 0.25) is 0 Å². The number of allylic oxidation sites excluding steroid dienone is 1. The van der Waals surface area contributed by atoms with Crippen molar-refractivity contribution >= 4 is 12.0 Å². The van der Waals surface area contributed by atoms with E-state index in [0.29, 0.717) is 23.6 Å². The molecule has 1 aliphatic rings. The summed E-state index contributed by atoms with van der Waals surface area (Å²) in [7, 11) is 0. The molecule has 1 atom stereocenters. The van der Waals surface area contributed by atoms with Crippen molar-refractivity contribution in [2.75, 3.05) is 19.8 Å². The number of hydrogen-bond donors (Lipinski definition) is 2. The molecule has 3 rings (SSSR count). The molecule has 1 aliphatic heterocycles. The van der Waals surface area contributed by atoms with E-state index in [4.69, 9.17) is 14.2 Å². The van der Waals surface area contributed by atoms with Crippen LogP contribution in [-0.2, 0) is 9.53 Å². The molecule has 152 valence electrons. The van der Waals surface area contributed by atoms with Gasteiger partial charge in [0.25, 0.3) is 0 Å². The molecule has 2 amide bonds. The number of urea groups is 1. The minimum Gasteiger partial charge on any atom is -0.494 e. The molecule has 7 heteroatoms. The topological polar surface area (TPSA) is 85.9 Å². The molecule has 2 aromatic carbocycles. The van der Waals surface area contributed by atoms with Crippen LogP contribution in [-0.4, -0.2) is 31.8 Å². The van der Waals surface area contributed by atoms with Crippen molar-refractivity contribution in [2.24, 2.45) is 0 Å². The molecule has 0 aliphatic carbocycles. The summed E-state index contributed by atoms with van der Waals surface area (Å²) in [4.78, 5) is 24.7. The van der Waals surface area contributed by atoms with E-state index in [1.165, 1.54) is 0 Å². The highest BCUT2D eigenvalue weighted by molar-refractivity contribution is 5.95. The first-order valence-corrected chi connectivity index (χ1v) is 9.44. The van der Waals surface area contributed by atoms with E-state index in [2.05, 4.69) is 10.6 Å². The lowest BCUT2D eigenvalue weighted by molar-refractivity contribution is -0.140. The van der Waals surface area contributed by atoms with Crippen molar-refractivity contribution in [3.63, 3.8) is 0 Å². The predicted molar refractivity (Wildman–Crippen MR) is 108 cm³/mol. The minimum absolute atomic E-state index is 0.0917. The Kier molecular flexibility index (Phi) is 6.73. The third-order valence-electron chi connectivity index (χ3n) is 4.34. The van der Waals surface area contributed by atoms with E-state index >= 15 is 0 Å². The van der Waals surface area contributed by atoms with E-state index in [0.717, 1.165) is 11.3 Å². The molecule has 1 heterocycles. The maximum Gasteiger partial charge on any atom is 0.338 e. The zero-order chi connectivity index (χ0) is 20.6. The third-order valence-corrected chi connectivity index (χ3v) is 4.34. The van der Waals surface area contributed by atoms with Gasteiger partial charge in [-0.3, -0.25) is 0 Å². The van der Waals surface area contributed by atoms with Gasteiger partial charge in [-0.25, -0.2) is 9.59 Å². The summed E-state index contributed by atoms with van der Waals surface area (Å²) < 4.78 is 16.4. The lowest BCUT2D eigenvalue weighted by Gasteiger charge is -2.28. The summed E-state index contributed by atoms with van der Waals surface area (Å²) in [6, 6.07) is 15.6. The number of hydrogen-bond acceptors (Lipinski definition) is 5. The fraction of sp³-hybridized carbons (Fsp3) is 0.273. The molecule has 1 unspecified atom stereocenters. The van der Waals surface area contributed by atoms with Gasteiger partial charge in [0.15, 0.2) is 0 Å². The van der Waals surface area contributed by atoms with Crippen LogP contribution in [0.4, 0.5) is 4.79 Å². The van der Waals surface area contributed by atoms with Gasteiger partial charge in [-0.15, -0.1) is 0 Å². The second kappa shape index (κ2) is 9.64. The largest absolute Gasteiger partial charge is 0.494 e. The molecule has 0 spiro atoms. The summed E-state index contributed by atoms with van der Waals surface area (Å²) in [6.07, 6.45) is 0. The van der Waals surface area contributed by atoms with Crippen LogP contribution >= 0.6 is 0 Å². The predicted octanol–water partition coefficient (Wildman–Crippen LogP) is 3.34. The van der Waals surface area contributed by atoms with Gasteiger partial charge in [0, 0.05) is 5.70 Å². The van der Waals surface area contributed by atoms with Crippen molar-refractivity contribution in [2.45, 2.75) is 19.9 Å². The molecule has 0 aromatic heterocycles. The zero-order valence-electron chi connectivity index (χ0n) is 16.4. The van der Waals surface area contributed by atoms with Gasteiger partial charge in [0.1, 0.15) is 24.7 Å². The summed E-state index contributed by atoms with van der Waals surface area (Å²) >= 11 is 0.